The van der Waals surface area contributed by atoms with E-state index >= 15 is 0 Å². The number of anilines is 1. The summed E-state index contributed by atoms with van der Waals surface area (Å²) in [4.78, 5) is 33.1. The first kappa shape index (κ1) is 22.9. The molecular formula is C27H23ClN2O5. The third kappa shape index (κ3) is 4.02. The number of nitrogens with zero attached hydrogens (tertiary/aromatic N) is 2. The molecular weight excluding hydrogens is 468 g/mol. The van der Waals surface area contributed by atoms with Crippen LogP contribution in [0.1, 0.15) is 47.5 Å². The second kappa shape index (κ2) is 9.43. The average Bonchev–Trinajstić information content (AvgIpc) is 3.17. The number of fused-ring (bicyclic) bond motifs is 2. The highest BCUT2D eigenvalue weighted by Crippen LogP contribution is 2.42. The Balaban J connectivity index is 1.70. The molecule has 2 aromatic carbocycles. The van der Waals surface area contributed by atoms with Crippen molar-refractivity contribution in [3.05, 3.63) is 92.9 Å². The molecule has 1 amide bonds. The van der Waals surface area contributed by atoms with Gasteiger partial charge in [0.25, 0.3) is 5.91 Å². The van der Waals surface area contributed by atoms with Gasteiger partial charge >= 0.3 is 0 Å². The van der Waals surface area contributed by atoms with E-state index in [1.54, 1.807) is 55.6 Å². The summed E-state index contributed by atoms with van der Waals surface area (Å²) in [5.74, 6) is 0.994. The van der Waals surface area contributed by atoms with Crippen molar-refractivity contribution in [1.29, 1.82) is 0 Å². The lowest BCUT2D eigenvalue weighted by molar-refractivity contribution is 0.0970. The largest absolute Gasteiger partial charge is 0.493 e. The fraction of sp³-hybridized carbons (Fsp3) is 0.222. The smallest absolute Gasteiger partial charge is 0.296 e. The van der Waals surface area contributed by atoms with E-state index in [-0.39, 0.29) is 16.8 Å². The van der Waals surface area contributed by atoms with Gasteiger partial charge in [-0.3, -0.25) is 14.5 Å². The minimum atomic E-state index is -0.773. The molecule has 1 atom stereocenters. The molecule has 0 saturated heterocycles. The molecule has 0 unspecified atom stereocenters. The van der Waals surface area contributed by atoms with Gasteiger partial charge in [0.15, 0.2) is 16.9 Å². The van der Waals surface area contributed by atoms with E-state index in [1.807, 2.05) is 6.07 Å². The van der Waals surface area contributed by atoms with Gasteiger partial charge in [-0.1, -0.05) is 43.1 Å². The molecule has 0 fully saturated rings. The first-order chi connectivity index (χ1) is 17.0. The molecule has 1 aliphatic heterocycles. The first-order valence-corrected chi connectivity index (χ1v) is 11.7. The van der Waals surface area contributed by atoms with Crippen LogP contribution in [0, 0.1) is 0 Å². The quantitative estimate of drug-likeness (QED) is 0.305. The highest BCUT2D eigenvalue weighted by molar-refractivity contribution is 6.30. The third-order valence-corrected chi connectivity index (χ3v) is 6.22. The van der Waals surface area contributed by atoms with E-state index in [4.69, 9.17) is 25.5 Å². The number of hydrogen-bond donors (Lipinski definition) is 0. The number of methoxy groups -OCH3 is 1. The third-order valence-electron chi connectivity index (χ3n) is 6.00. The summed E-state index contributed by atoms with van der Waals surface area (Å²) >= 11 is 6.04. The van der Waals surface area contributed by atoms with E-state index in [0.717, 1.165) is 12.8 Å². The van der Waals surface area contributed by atoms with E-state index in [0.29, 0.717) is 45.5 Å². The van der Waals surface area contributed by atoms with Crippen molar-refractivity contribution in [3.8, 4) is 11.5 Å². The minimum absolute atomic E-state index is 0.00214. The monoisotopic (exact) mass is 490 g/mol. The normalized spacial score (nSPS) is 14.9. The number of benzene rings is 2. The zero-order valence-corrected chi connectivity index (χ0v) is 20.0. The Hall–Kier alpha value is -3.84. The van der Waals surface area contributed by atoms with E-state index in [2.05, 4.69) is 11.9 Å². The number of para-hydroxylation sites is 1. The summed E-state index contributed by atoms with van der Waals surface area (Å²) in [5, 5.41) is 0.839. The molecule has 1 aliphatic rings. The van der Waals surface area contributed by atoms with Crippen molar-refractivity contribution >= 4 is 34.3 Å². The lowest BCUT2D eigenvalue weighted by Gasteiger charge is -2.25. The Kier molecular flexibility index (Phi) is 6.17. The summed E-state index contributed by atoms with van der Waals surface area (Å²) < 4.78 is 17.4. The Morgan fingerprint density at radius 2 is 1.91 bits per heavy atom. The summed E-state index contributed by atoms with van der Waals surface area (Å²) in [5.41, 5.74) is 1.01. The van der Waals surface area contributed by atoms with Gasteiger partial charge in [-0.25, -0.2) is 4.98 Å². The SMILES string of the molecule is CCCCOc1ccc([C@@H]2c3c(oc4ccccc4c3=O)C(=O)N2c2ccc(Cl)cn2)cc1OC. The van der Waals surface area contributed by atoms with Crippen LogP contribution < -0.4 is 19.8 Å². The van der Waals surface area contributed by atoms with Crippen molar-refractivity contribution in [2.75, 3.05) is 18.6 Å². The number of rotatable bonds is 7. The standard InChI is InChI=1S/C27H23ClN2O5/c1-3-4-13-34-20-11-9-16(14-21(20)33-2)24-23-25(31)18-7-5-6-8-19(18)35-26(23)27(32)30(24)22-12-10-17(28)15-29-22/h5-12,14-15,24H,3-4,13H2,1-2H3/t24-/m1/s1. The number of aromatic nitrogens is 1. The number of halogens is 1. The van der Waals surface area contributed by atoms with E-state index in [9.17, 15) is 9.59 Å². The Morgan fingerprint density at radius 3 is 2.66 bits per heavy atom. The van der Waals surface area contributed by atoms with Crippen LogP contribution in [0.4, 0.5) is 5.82 Å². The summed E-state index contributed by atoms with van der Waals surface area (Å²) in [7, 11) is 1.56. The maximum absolute atomic E-state index is 13.6. The predicted molar refractivity (Wildman–Crippen MR) is 134 cm³/mol. The highest BCUT2D eigenvalue weighted by Gasteiger charge is 2.44. The van der Waals surface area contributed by atoms with Gasteiger partial charge in [0, 0.05) is 6.20 Å². The Bertz CT molecular complexity index is 1470. The summed E-state index contributed by atoms with van der Waals surface area (Å²) in [6.07, 6.45) is 3.38. The number of ether oxygens (including phenoxy) is 2. The zero-order chi connectivity index (χ0) is 24.5. The maximum atomic E-state index is 13.6. The van der Waals surface area contributed by atoms with Crippen LogP contribution in [-0.4, -0.2) is 24.6 Å². The maximum Gasteiger partial charge on any atom is 0.296 e. The molecule has 0 bridgehead atoms. The van der Waals surface area contributed by atoms with Crippen LogP contribution in [0.25, 0.3) is 11.0 Å². The van der Waals surface area contributed by atoms with Crippen LogP contribution in [0.5, 0.6) is 11.5 Å². The number of pyridine rings is 1. The number of hydrogen-bond acceptors (Lipinski definition) is 6. The lowest BCUT2D eigenvalue weighted by atomic mass is 9.98. The average molecular weight is 491 g/mol. The Labute approximate surface area is 206 Å². The number of unbranched alkanes of at least 4 members (excludes halogenated alkanes) is 1. The molecule has 0 radical (unpaired) electrons. The van der Waals surface area contributed by atoms with E-state index in [1.165, 1.54) is 11.1 Å². The predicted octanol–water partition coefficient (Wildman–Crippen LogP) is 5.78. The van der Waals surface area contributed by atoms with Crippen molar-refractivity contribution in [2.24, 2.45) is 0 Å². The van der Waals surface area contributed by atoms with Gasteiger partial charge in [0.2, 0.25) is 5.76 Å². The molecule has 2 aromatic heterocycles. The summed E-state index contributed by atoms with van der Waals surface area (Å²) in [6, 6.07) is 14.8. The molecule has 35 heavy (non-hydrogen) atoms. The van der Waals surface area contributed by atoms with Crippen molar-refractivity contribution in [2.45, 2.75) is 25.8 Å². The van der Waals surface area contributed by atoms with Crippen LogP contribution in [0.3, 0.4) is 0 Å². The zero-order valence-electron chi connectivity index (χ0n) is 19.3. The van der Waals surface area contributed by atoms with Crippen LogP contribution >= 0.6 is 11.6 Å². The van der Waals surface area contributed by atoms with Gasteiger partial charge in [-0.2, -0.15) is 0 Å². The highest BCUT2D eigenvalue weighted by atomic mass is 35.5. The molecule has 7 nitrogen and oxygen atoms in total. The molecule has 5 rings (SSSR count). The second-order valence-electron chi connectivity index (χ2n) is 8.19. The molecule has 0 N–H and O–H groups in total. The molecule has 0 aliphatic carbocycles. The second-order valence-corrected chi connectivity index (χ2v) is 8.63. The first-order valence-electron chi connectivity index (χ1n) is 11.3. The van der Waals surface area contributed by atoms with Crippen molar-refractivity contribution in [1.82, 2.24) is 4.98 Å². The van der Waals surface area contributed by atoms with Crippen LogP contribution in [0.2, 0.25) is 5.02 Å². The molecule has 3 heterocycles. The topological polar surface area (TPSA) is 81.9 Å². The van der Waals surface area contributed by atoms with Gasteiger partial charge in [0.1, 0.15) is 11.4 Å². The lowest BCUT2D eigenvalue weighted by Crippen LogP contribution is -2.30. The molecule has 178 valence electrons. The van der Waals surface area contributed by atoms with Gasteiger partial charge in [-0.15, -0.1) is 0 Å². The molecule has 0 spiro atoms. The number of amides is 1. The van der Waals surface area contributed by atoms with Gasteiger partial charge in [0.05, 0.1) is 35.7 Å². The van der Waals surface area contributed by atoms with Gasteiger partial charge in [-0.05, 0) is 48.4 Å². The van der Waals surface area contributed by atoms with Crippen molar-refractivity contribution < 1.29 is 18.7 Å². The van der Waals surface area contributed by atoms with Crippen LogP contribution in [0.15, 0.2) is 70.0 Å². The van der Waals surface area contributed by atoms with E-state index < -0.39 is 11.9 Å². The van der Waals surface area contributed by atoms with Crippen LogP contribution in [-0.2, 0) is 0 Å². The summed E-state index contributed by atoms with van der Waals surface area (Å²) in [6.45, 7) is 2.65. The number of carbonyl (C=O) groups excluding carboxylic acids is 1. The molecule has 0 saturated carbocycles. The molecule has 8 heteroatoms. The fourth-order valence-corrected chi connectivity index (χ4v) is 4.39. The Morgan fingerprint density at radius 1 is 1.09 bits per heavy atom. The fourth-order valence-electron chi connectivity index (χ4n) is 4.28. The van der Waals surface area contributed by atoms with Crippen molar-refractivity contribution in [3.63, 3.8) is 0 Å². The van der Waals surface area contributed by atoms with Gasteiger partial charge < -0.3 is 13.9 Å². The number of carbonyl (C=O) groups is 1. The minimum Gasteiger partial charge on any atom is -0.493 e. The molecule has 4 aromatic rings.